The Morgan fingerprint density at radius 2 is 1.67 bits per heavy atom. The number of carbonyl (C=O) groups excluding carboxylic acids is 1. The molecule has 0 radical (unpaired) electrons. The Morgan fingerprint density at radius 1 is 1.10 bits per heavy atom. The first-order valence-corrected chi connectivity index (χ1v) is 7.21. The number of hydrogen-bond donors (Lipinski definition) is 0. The second kappa shape index (κ2) is 4.43. The maximum Gasteiger partial charge on any atom is 0.302 e. The SMILES string of the molecule is CC(=O)OC1COC2(C1)c1ccccc1-c1ccccc12. The van der Waals surface area contributed by atoms with Crippen LogP contribution in [0.25, 0.3) is 11.1 Å². The van der Waals surface area contributed by atoms with E-state index in [2.05, 4.69) is 24.3 Å². The normalized spacial score (nSPS) is 21.1. The summed E-state index contributed by atoms with van der Waals surface area (Å²) in [7, 11) is 0. The predicted molar refractivity (Wildman–Crippen MR) is 78.8 cm³/mol. The van der Waals surface area contributed by atoms with Gasteiger partial charge in [0.25, 0.3) is 0 Å². The molecule has 1 fully saturated rings. The summed E-state index contributed by atoms with van der Waals surface area (Å²) in [6, 6.07) is 16.7. The first-order valence-electron chi connectivity index (χ1n) is 7.21. The maximum atomic E-state index is 11.2. The van der Waals surface area contributed by atoms with Crippen LogP contribution >= 0.6 is 0 Å². The third-order valence-corrected chi connectivity index (χ3v) is 4.38. The quantitative estimate of drug-likeness (QED) is 0.752. The molecule has 2 aliphatic rings. The number of hydrogen-bond acceptors (Lipinski definition) is 3. The first-order chi connectivity index (χ1) is 10.2. The standard InChI is InChI=1S/C18H16O3/c1-12(19)21-13-10-18(20-11-13)16-8-4-2-6-14(16)15-7-3-5-9-17(15)18/h2-9,13H,10-11H2,1H3. The van der Waals surface area contributed by atoms with Gasteiger partial charge in [0.15, 0.2) is 0 Å². The molecule has 1 spiro atoms. The van der Waals surface area contributed by atoms with E-state index >= 15 is 0 Å². The summed E-state index contributed by atoms with van der Waals surface area (Å²) in [5, 5.41) is 0. The fraction of sp³-hybridized carbons (Fsp3) is 0.278. The Bertz CT molecular complexity index is 674. The van der Waals surface area contributed by atoms with Crippen LogP contribution in [-0.2, 0) is 19.9 Å². The van der Waals surface area contributed by atoms with Crippen molar-refractivity contribution in [3.63, 3.8) is 0 Å². The number of ether oxygens (including phenoxy) is 2. The number of fused-ring (bicyclic) bond motifs is 5. The molecule has 2 aromatic carbocycles. The molecule has 3 heteroatoms. The monoisotopic (exact) mass is 280 g/mol. The molecule has 1 atom stereocenters. The topological polar surface area (TPSA) is 35.5 Å². The van der Waals surface area contributed by atoms with Crippen LogP contribution in [0, 0.1) is 0 Å². The molecule has 0 bridgehead atoms. The third-order valence-electron chi connectivity index (χ3n) is 4.38. The van der Waals surface area contributed by atoms with E-state index in [0.717, 1.165) is 0 Å². The van der Waals surface area contributed by atoms with E-state index in [1.165, 1.54) is 29.2 Å². The second-order valence-electron chi connectivity index (χ2n) is 5.66. The van der Waals surface area contributed by atoms with Crippen LogP contribution in [0.15, 0.2) is 48.5 Å². The van der Waals surface area contributed by atoms with Crippen LogP contribution in [-0.4, -0.2) is 18.7 Å². The molecule has 0 aromatic heterocycles. The Morgan fingerprint density at radius 3 is 2.24 bits per heavy atom. The summed E-state index contributed by atoms with van der Waals surface area (Å²) in [5.41, 5.74) is 4.34. The molecule has 2 aromatic rings. The van der Waals surface area contributed by atoms with Crippen molar-refractivity contribution >= 4 is 5.97 Å². The summed E-state index contributed by atoms with van der Waals surface area (Å²) in [6.07, 6.45) is 0.502. The minimum atomic E-state index is -0.465. The average Bonchev–Trinajstić information content (AvgIpc) is 3.02. The minimum Gasteiger partial charge on any atom is -0.460 e. The summed E-state index contributed by atoms with van der Waals surface area (Å²) >= 11 is 0. The van der Waals surface area contributed by atoms with Gasteiger partial charge in [-0.25, -0.2) is 0 Å². The van der Waals surface area contributed by atoms with Gasteiger partial charge in [-0.05, 0) is 22.3 Å². The Balaban J connectivity index is 1.84. The van der Waals surface area contributed by atoms with Crippen LogP contribution in [0.5, 0.6) is 0 Å². The fourth-order valence-electron chi connectivity index (χ4n) is 3.64. The van der Waals surface area contributed by atoms with Crippen molar-refractivity contribution in [3.8, 4) is 11.1 Å². The largest absolute Gasteiger partial charge is 0.460 e. The highest BCUT2D eigenvalue weighted by Crippen LogP contribution is 2.54. The van der Waals surface area contributed by atoms with Gasteiger partial charge < -0.3 is 9.47 Å². The zero-order valence-electron chi connectivity index (χ0n) is 11.8. The van der Waals surface area contributed by atoms with Gasteiger partial charge in [-0.3, -0.25) is 4.79 Å². The molecular formula is C18H16O3. The van der Waals surface area contributed by atoms with Crippen molar-refractivity contribution in [2.45, 2.75) is 25.0 Å². The zero-order valence-corrected chi connectivity index (χ0v) is 11.8. The lowest BCUT2D eigenvalue weighted by Crippen LogP contribution is -2.25. The van der Waals surface area contributed by atoms with Crippen LogP contribution in [0.3, 0.4) is 0 Å². The molecular weight excluding hydrogens is 264 g/mol. The van der Waals surface area contributed by atoms with E-state index in [1.54, 1.807) is 0 Å². The van der Waals surface area contributed by atoms with Crippen LogP contribution in [0.1, 0.15) is 24.5 Å². The zero-order chi connectivity index (χ0) is 14.4. The van der Waals surface area contributed by atoms with Crippen molar-refractivity contribution in [3.05, 3.63) is 59.7 Å². The molecule has 106 valence electrons. The third kappa shape index (κ3) is 1.74. The lowest BCUT2D eigenvalue weighted by molar-refractivity contribution is -0.146. The Hall–Kier alpha value is -2.13. The Kier molecular flexibility index (Phi) is 2.66. The van der Waals surface area contributed by atoms with E-state index < -0.39 is 5.60 Å². The van der Waals surface area contributed by atoms with Crippen molar-refractivity contribution in [1.29, 1.82) is 0 Å². The molecule has 0 N–H and O–H groups in total. The lowest BCUT2D eigenvalue weighted by atomic mass is 9.88. The van der Waals surface area contributed by atoms with Gasteiger partial charge in [0, 0.05) is 13.3 Å². The Labute approximate surface area is 123 Å². The minimum absolute atomic E-state index is 0.179. The van der Waals surface area contributed by atoms with Crippen LogP contribution in [0.2, 0.25) is 0 Å². The average molecular weight is 280 g/mol. The van der Waals surface area contributed by atoms with Crippen molar-refractivity contribution in [2.75, 3.05) is 6.61 Å². The molecule has 0 saturated carbocycles. The van der Waals surface area contributed by atoms with Gasteiger partial charge in [0.2, 0.25) is 0 Å². The van der Waals surface area contributed by atoms with Crippen molar-refractivity contribution in [1.82, 2.24) is 0 Å². The van der Waals surface area contributed by atoms with E-state index in [9.17, 15) is 4.79 Å². The molecule has 21 heavy (non-hydrogen) atoms. The van der Waals surface area contributed by atoms with E-state index in [0.29, 0.717) is 13.0 Å². The summed E-state index contributed by atoms with van der Waals surface area (Å²) in [6.45, 7) is 1.89. The molecule has 4 rings (SSSR count). The summed E-state index contributed by atoms with van der Waals surface area (Å²) in [5.74, 6) is -0.250. The van der Waals surface area contributed by atoms with E-state index in [4.69, 9.17) is 9.47 Å². The molecule has 1 heterocycles. The number of benzene rings is 2. The highest BCUT2D eigenvalue weighted by molar-refractivity contribution is 5.80. The highest BCUT2D eigenvalue weighted by Gasteiger charge is 2.50. The maximum absolute atomic E-state index is 11.2. The van der Waals surface area contributed by atoms with Gasteiger partial charge in [-0.1, -0.05) is 48.5 Å². The molecule has 1 saturated heterocycles. The summed E-state index contributed by atoms with van der Waals surface area (Å²) < 4.78 is 11.6. The molecule has 0 amide bonds. The summed E-state index contributed by atoms with van der Waals surface area (Å²) in [4.78, 5) is 11.2. The number of carbonyl (C=O) groups is 1. The van der Waals surface area contributed by atoms with Gasteiger partial charge in [-0.2, -0.15) is 0 Å². The second-order valence-corrected chi connectivity index (χ2v) is 5.66. The predicted octanol–water partition coefficient (Wildman–Crippen LogP) is 3.26. The highest BCUT2D eigenvalue weighted by atomic mass is 16.6. The molecule has 1 aliphatic heterocycles. The number of rotatable bonds is 1. The molecule has 1 unspecified atom stereocenters. The fourth-order valence-corrected chi connectivity index (χ4v) is 3.64. The first kappa shape index (κ1) is 12.6. The van der Waals surface area contributed by atoms with E-state index in [1.807, 2.05) is 24.3 Å². The van der Waals surface area contributed by atoms with Crippen molar-refractivity contribution < 1.29 is 14.3 Å². The van der Waals surface area contributed by atoms with Crippen molar-refractivity contribution in [2.24, 2.45) is 0 Å². The van der Waals surface area contributed by atoms with Gasteiger partial charge in [0.1, 0.15) is 11.7 Å². The van der Waals surface area contributed by atoms with Gasteiger partial charge in [-0.15, -0.1) is 0 Å². The van der Waals surface area contributed by atoms with Gasteiger partial charge >= 0.3 is 5.97 Å². The van der Waals surface area contributed by atoms with Gasteiger partial charge in [0.05, 0.1) is 6.61 Å². The van der Waals surface area contributed by atoms with E-state index in [-0.39, 0.29) is 12.1 Å². The number of esters is 1. The smallest absolute Gasteiger partial charge is 0.302 e. The van der Waals surface area contributed by atoms with Crippen LogP contribution in [0.4, 0.5) is 0 Å². The van der Waals surface area contributed by atoms with Crippen LogP contribution < -0.4 is 0 Å². The molecule has 3 nitrogen and oxygen atoms in total. The molecule has 1 aliphatic carbocycles. The lowest BCUT2D eigenvalue weighted by Gasteiger charge is -2.25.